The number of aromatic nitrogens is 2. The first-order valence-electron chi connectivity index (χ1n) is 9.06. The summed E-state index contributed by atoms with van der Waals surface area (Å²) < 4.78 is 1.54. The van der Waals surface area contributed by atoms with Crippen LogP contribution in [0.5, 0.6) is 0 Å². The lowest BCUT2D eigenvalue weighted by Crippen LogP contribution is -2.37. The van der Waals surface area contributed by atoms with Gasteiger partial charge in [-0.25, -0.2) is 4.98 Å². The first-order chi connectivity index (χ1) is 13.9. The van der Waals surface area contributed by atoms with Gasteiger partial charge in [-0.2, -0.15) is 0 Å². The number of hydrogen-bond donors (Lipinski definition) is 1. The molecule has 150 valence electrons. The number of hydrogen-bond acceptors (Lipinski definition) is 5. The van der Waals surface area contributed by atoms with Crippen molar-refractivity contribution in [1.82, 2.24) is 19.8 Å². The molecular weight excluding hydrogens is 388 g/mol. The van der Waals surface area contributed by atoms with Gasteiger partial charge in [0.25, 0.3) is 5.56 Å². The van der Waals surface area contributed by atoms with Gasteiger partial charge in [0.15, 0.2) is 5.16 Å². The third-order valence-corrected chi connectivity index (χ3v) is 5.31. The van der Waals surface area contributed by atoms with Crippen molar-refractivity contribution in [2.45, 2.75) is 12.1 Å². The highest BCUT2D eigenvalue weighted by Crippen LogP contribution is 2.22. The summed E-state index contributed by atoms with van der Waals surface area (Å²) in [4.78, 5) is 43.1. The second-order valence-corrected chi connectivity index (χ2v) is 7.63. The van der Waals surface area contributed by atoms with Crippen LogP contribution in [0, 0.1) is 6.92 Å². The first-order valence-corrected chi connectivity index (χ1v) is 10.0. The SMILES string of the molecule is Cc1ccccc1-n1c(SCC(=O)NCC(=O)N(C)C)nc2ccccc2c1=O. The Morgan fingerprint density at radius 2 is 1.79 bits per heavy atom. The maximum Gasteiger partial charge on any atom is 0.266 e. The Labute approximate surface area is 172 Å². The number of amides is 2. The molecular formula is C21H22N4O3S. The van der Waals surface area contributed by atoms with Crippen LogP contribution in [0.1, 0.15) is 5.56 Å². The number of aryl methyl sites for hydroxylation is 1. The number of likely N-dealkylation sites (N-methyl/N-ethyl adjacent to an activating group) is 1. The number of rotatable bonds is 6. The molecule has 0 atom stereocenters. The predicted molar refractivity (Wildman–Crippen MR) is 115 cm³/mol. The van der Waals surface area contributed by atoms with Crippen LogP contribution in [0.3, 0.4) is 0 Å². The monoisotopic (exact) mass is 410 g/mol. The fourth-order valence-electron chi connectivity index (χ4n) is 2.75. The Bertz CT molecular complexity index is 1120. The van der Waals surface area contributed by atoms with Gasteiger partial charge in [0.2, 0.25) is 11.8 Å². The largest absolute Gasteiger partial charge is 0.347 e. The zero-order valence-corrected chi connectivity index (χ0v) is 17.3. The van der Waals surface area contributed by atoms with Crippen LogP contribution in [0.2, 0.25) is 0 Å². The molecule has 0 aliphatic rings. The van der Waals surface area contributed by atoms with Crippen molar-refractivity contribution < 1.29 is 9.59 Å². The van der Waals surface area contributed by atoms with E-state index in [1.807, 2.05) is 37.3 Å². The van der Waals surface area contributed by atoms with Crippen LogP contribution in [-0.4, -0.2) is 52.7 Å². The highest BCUT2D eigenvalue weighted by Gasteiger charge is 2.16. The summed E-state index contributed by atoms with van der Waals surface area (Å²) in [6.45, 7) is 1.85. The molecule has 0 aliphatic carbocycles. The molecule has 3 rings (SSSR count). The van der Waals surface area contributed by atoms with Gasteiger partial charge in [-0.1, -0.05) is 42.1 Å². The van der Waals surface area contributed by atoms with Crippen LogP contribution in [0.15, 0.2) is 58.5 Å². The van der Waals surface area contributed by atoms with Crippen molar-refractivity contribution in [3.63, 3.8) is 0 Å². The average Bonchev–Trinajstić information content (AvgIpc) is 2.71. The Hall–Kier alpha value is -3.13. The molecule has 0 spiro atoms. The van der Waals surface area contributed by atoms with Crippen molar-refractivity contribution in [3.05, 3.63) is 64.4 Å². The second-order valence-electron chi connectivity index (χ2n) is 6.69. The molecule has 1 heterocycles. The summed E-state index contributed by atoms with van der Waals surface area (Å²) in [5.41, 5.74) is 2.04. The summed E-state index contributed by atoms with van der Waals surface area (Å²) in [6, 6.07) is 14.7. The molecule has 1 N–H and O–H groups in total. The lowest BCUT2D eigenvalue weighted by atomic mass is 10.2. The summed E-state index contributed by atoms with van der Waals surface area (Å²) in [6.07, 6.45) is 0. The third-order valence-electron chi connectivity index (χ3n) is 4.37. The van der Waals surface area contributed by atoms with E-state index in [1.54, 1.807) is 36.9 Å². The molecule has 0 aliphatic heterocycles. The number of carbonyl (C=O) groups excluding carboxylic acids is 2. The number of para-hydroxylation sites is 2. The van der Waals surface area contributed by atoms with Crippen LogP contribution in [0.4, 0.5) is 0 Å². The molecule has 0 saturated heterocycles. The van der Waals surface area contributed by atoms with E-state index in [9.17, 15) is 14.4 Å². The number of nitrogens with one attached hydrogen (secondary N) is 1. The maximum absolute atomic E-state index is 13.2. The van der Waals surface area contributed by atoms with Gasteiger partial charge in [0.05, 0.1) is 28.9 Å². The zero-order chi connectivity index (χ0) is 21.0. The third kappa shape index (κ3) is 4.65. The van der Waals surface area contributed by atoms with Crippen molar-refractivity contribution in [2.75, 3.05) is 26.4 Å². The summed E-state index contributed by atoms with van der Waals surface area (Å²) >= 11 is 1.16. The average molecular weight is 410 g/mol. The van der Waals surface area contributed by atoms with E-state index in [-0.39, 0.29) is 29.7 Å². The van der Waals surface area contributed by atoms with E-state index in [0.29, 0.717) is 16.1 Å². The van der Waals surface area contributed by atoms with Crippen molar-refractivity contribution in [1.29, 1.82) is 0 Å². The lowest BCUT2D eigenvalue weighted by Gasteiger charge is -2.15. The van der Waals surface area contributed by atoms with Crippen molar-refractivity contribution >= 4 is 34.5 Å². The number of carbonyl (C=O) groups is 2. The Morgan fingerprint density at radius 1 is 1.10 bits per heavy atom. The highest BCUT2D eigenvalue weighted by molar-refractivity contribution is 7.99. The summed E-state index contributed by atoms with van der Waals surface area (Å²) in [5, 5.41) is 3.53. The van der Waals surface area contributed by atoms with E-state index < -0.39 is 0 Å². The van der Waals surface area contributed by atoms with Gasteiger partial charge in [0.1, 0.15) is 0 Å². The fraction of sp³-hybridized carbons (Fsp3) is 0.238. The van der Waals surface area contributed by atoms with Crippen LogP contribution in [0.25, 0.3) is 16.6 Å². The molecule has 0 unspecified atom stereocenters. The van der Waals surface area contributed by atoms with Gasteiger partial charge >= 0.3 is 0 Å². The van der Waals surface area contributed by atoms with E-state index in [2.05, 4.69) is 10.3 Å². The smallest absolute Gasteiger partial charge is 0.266 e. The molecule has 0 bridgehead atoms. The van der Waals surface area contributed by atoms with Crippen LogP contribution >= 0.6 is 11.8 Å². The fourth-order valence-corrected chi connectivity index (χ4v) is 3.58. The molecule has 1 aromatic heterocycles. The standard InChI is InChI=1S/C21H22N4O3S/c1-14-8-4-7-11-17(14)25-20(28)15-9-5-6-10-16(15)23-21(25)29-13-18(26)22-12-19(27)24(2)3/h4-11H,12-13H2,1-3H3,(H,22,26). The number of fused-ring (bicyclic) bond motifs is 1. The molecule has 3 aromatic rings. The number of nitrogens with zero attached hydrogens (tertiary/aromatic N) is 3. The predicted octanol–water partition coefficient (Wildman–Crippen LogP) is 1.99. The molecule has 0 saturated carbocycles. The Balaban J connectivity index is 1.93. The lowest BCUT2D eigenvalue weighted by molar-refractivity contribution is -0.130. The molecule has 0 radical (unpaired) electrons. The minimum atomic E-state index is -0.302. The quantitative estimate of drug-likeness (QED) is 0.496. The number of thioether (sulfide) groups is 1. The van der Waals surface area contributed by atoms with E-state index in [0.717, 1.165) is 23.0 Å². The van der Waals surface area contributed by atoms with Gasteiger partial charge in [0, 0.05) is 14.1 Å². The van der Waals surface area contributed by atoms with E-state index >= 15 is 0 Å². The Kier molecular flexibility index (Phi) is 6.33. The van der Waals surface area contributed by atoms with Crippen LogP contribution in [-0.2, 0) is 9.59 Å². The maximum atomic E-state index is 13.2. The topological polar surface area (TPSA) is 84.3 Å². The van der Waals surface area contributed by atoms with Crippen molar-refractivity contribution in [3.8, 4) is 5.69 Å². The first kappa shape index (κ1) is 20.6. The van der Waals surface area contributed by atoms with Gasteiger partial charge in [-0.15, -0.1) is 0 Å². The zero-order valence-electron chi connectivity index (χ0n) is 16.5. The molecule has 8 heteroatoms. The van der Waals surface area contributed by atoms with Gasteiger partial charge in [-0.3, -0.25) is 19.0 Å². The molecule has 0 fully saturated rings. The highest BCUT2D eigenvalue weighted by atomic mass is 32.2. The molecule has 29 heavy (non-hydrogen) atoms. The summed E-state index contributed by atoms with van der Waals surface area (Å²) in [5.74, 6) is -0.454. The van der Waals surface area contributed by atoms with E-state index in [4.69, 9.17) is 0 Å². The minimum Gasteiger partial charge on any atom is -0.347 e. The van der Waals surface area contributed by atoms with Gasteiger partial charge in [-0.05, 0) is 30.7 Å². The molecule has 2 amide bonds. The number of benzene rings is 2. The minimum absolute atomic E-state index is 0.0391. The molecule has 2 aromatic carbocycles. The van der Waals surface area contributed by atoms with Gasteiger partial charge < -0.3 is 10.2 Å². The summed E-state index contributed by atoms with van der Waals surface area (Å²) in [7, 11) is 3.26. The second kappa shape index (κ2) is 8.91. The van der Waals surface area contributed by atoms with Crippen molar-refractivity contribution in [2.24, 2.45) is 0 Å². The van der Waals surface area contributed by atoms with Crippen LogP contribution < -0.4 is 10.9 Å². The molecule has 7 nitrogen and oxygen atoms in total. The Morgan fingerprint density at radius 3 is 2.52 bits per heavy atom. The normalized spacial score (nSPS) is 10.7. The van der Waals surface area contributed by atoms with E-state index in [1.165, 1.54) is 4.90 Å².